The smallest absolute Gasteiger partial charge is 0.222 e. The fourth-order valence-electron chi connectivity index (χ4n) is 0.693. The first kappa shape index (κ1) is 10.3. The normalized spacial score (nSPS) is 12.0. The van der Waals surface area contributed by atoms with Crippen molar-refractivity contribution >= 4 is 17.7 Å². The number of aromatic nitrogens is 3. The van der Waals surface area contributed by atoms with Crippen LogP contribution in [0.25, 0.3) is 0 Å². The topological polar surface area (TPSA) is 77.0 Å². The lowest BCUT2D eigenvalue weighted by molar-refractivity contribution is 0.107. The third-order valence-electron chi connectivity index (χ3n) is 1.42. The van der Waals surface area contributed by atoms with Crippen molar-refractivity contribution in [1.29, 1.82) is 0 Å². The molecule has 6 heteroatoms. The van der Waals surface area contributed by atoms with Crippen LogP contribution >= 0.6 is 11.8 Å². The molecule has 0 bridgehead atoms. The van der Waals surface area contributed by atoms with Gasteiger partial charge >= 0.3 is 0 Å². The van der Waals surface area contributed by atoms with E-state index in [2.05, 4.69) is 10.2 Å². The van der Waals surface area contributed by atoms with Crippen LogP contribution in [0.5, 0.6) is 0 Å². The quantitative estimate of drug-likeness (QED) is 0.687. The minimum Gasteiger partial charge on any atom is -0.390 e. The Morgan fingerprint density at radius 1 is 1.54 bits per heavy atom. The second-order valence-corrected chi connectivity index (χ2v) is 4.44. The molecule has 0 fully saturated rings. The van der Waals surface area contributed by atoms with E-state index in [0.717, 1.165) is 5.16 Å². The van der Waals surface area contributed by atoms with Gasteiger partial charge in [-0.2, -0.15) is 0 Å². The van der Waals surface area contributed by atoms with Gasteiger partial charge in [0.2, 0.25) is 5.95 Å². The molecule has 0 amide bonds. The highest BCUT2D eigenvalue weighted by atomic mass is 32.2. The molecule has 1 rings (SSSR count). The number of hydrogen-bond donors (Lipinski definition) is 2. The lowest BCUT2D eigenvalue weighted by Crippen LogP contribution is -2.22. The highest BCUT2D eigenvalue weighted by Gasteiger charge is 2.15. The van der Waals surface area contributed by atoms with Crippen molar-refractivity contribution in [3.05, 3.63) is 0 Å². The molecule has 13 heavy (non-hydrogen) atoms. The van der Waals surface area contributed by atoms with Crippen LogP contribution in [0.4, 0.5) is 5.95 Å². The van der Waals surface area contributed by atoms with Crippen LogP contribution in [0.2, 0.25) is 0 Å². The summed E-state index contributed by atoms with van der Waals surface area (Å²) in [5.74, 6) is 0.956. The Balaban J connectivity index is 2.60. The molecule has 0 unspecified atom stereocenters. The fourth-order valence-corrected chi connectivity index (χ4v) is 1.56. The van der Waals surface area contributed by atoms with Crippen molar-refractivity contribution in [2.45, 2.75) is 24.6 Å². The number of hydrogen-bond acceptors (Lipinski definition) is 5. The Kier molecular flexibility index (Phi) is 2.82. The minimum absolute atomic E-state index is 0.387. The van der Waals surface area contributed by atoms with Crippen molar-refractivity contribution in [2.24, 2.45) is 7.05 Å². The van der Waals surface area contributed by atoms with Gasteiger partial charge in [-0.25, -0.2) is 0 Å². The molecule has 5 nitrogen and oxygen atoms in total. The summed E-state index contributed by atoms with van der Waals surface area (Å²) < 4.78 is 1.69. The number of aliphatic hydroxyl groups is 1. The van der Waals surface area contributed by atoms with E-state index in [-0.39, 0.29) is 0 Å². The number of rotatable bonds is 3. The maximum Gasteiger partial charge on any atom is 0.222 e. The van der Waals surface area contributed by atoms with E-state index in [1.54, 1.807) is 25.5 Å². The number of anilines is 1. The molecule has 1 heterocycles. The molecule has 0 aromatic carbocycles. The highest BCUT2D eigenvalue weighted by Crippen LogP contribution is 2.20. The van der Waals surface area contributed by atoms with E-state index in [1.807, 2.05) is 0 Å². The Morgan fingerprint density at radius 3 is 2.54 bits per heavy atom. The van der Waals surface area contributed by atoms with Crippen LogP contribution < -0.4 is 5.73 Å². The Hall–Kier alpha value is -0.750. The molecule has 1 aromatic rings. The molecule has 0 atom stereocenters. The third kappa shape index (κ3) is 2.89. The first-order valence-electron chi connectivity index (χ1n) is 3.90. The van der Waals surface area contributed by atoms with Crippen molar-refractivity contribution in [3.8, 4) is 0 Å². The zero-order valence-corrected chi connectivity index (χ0v) is 8.80. The maximum atomic E-state index is 9.47. The summed E-state index contributed by atoms with van der Waals surface area (Å²) in [6.07, 6.45) is 0. The number of nitrogens with two attached hydrogens (primary N) is 1. The van der Waals surface area contributed by atoms with Gasteiger partial charge in [0.15, 0.2) is 5.16 Å². The van der Waals surface area contributed by atoms with Crippen LogP contribution in [0, 0.1) is 0 Å². The van der Waals surface area contributed by atoms with Gasteiger partial charge in [0.25, 0.3) is 0 Å². The molecule has 1 aromatic heterocycles. The highest BCUT2D eigenvalue weighted by molar-refractivity contribution is 7.99. The third-order valence-corrected chi connectivity index (χ3v) is 2.89. The van der Waals surface area contributed by atoms with E-state index in [1.165, 1.54) is 11.8 Å². The number of thioether (sulfide) groups is 1. The zero-order valence-electron chi connectivity index (χ0n) is 7.98. The van der Waals surface area contributed by atoms with Gasteiger partial charge in [0.05, 0.1) is 5.60 Å². The van der Waals surface area contributed by atoms with Crippen LogP contribution in [0.3, 0.4) is 0 Å². The second-order valence-electron chi connectivity index (χ2n) is 3.50. The Morgan fingerprint density at radius 2 is 2.15 bits per heavy atom. The summed E-state index contributed by atoms with van der Waals surface area (Å²) in [5.41, 5.74) is 4.79. The Bertz CT molecular complexity index is 291. The fraction of sp³-hybridized carbons (Fsp3) is 0.714. The van der Waals surface area contributed by atoms with Gasteiger partial charge in [0.1, 0.15) is 0 Å². The standard InChI is InChI=1S/C7H14N4OS/c1-7(2,12)4-13-6-10-9-5(8)11(6)3/h12H,4H2,1-3H3,(H2,8,9). The summed E-state index contributed by atoms with van der Waals surface area (Å²) >= 11 is 1.43. The van der Waals surface area contributed by atoms with Crippen molar-refractivity contribution in [1.82, 2.24) is 14.8 Å². The lowest BCUT2D eigenvalue weighted by Gasteiger charge is -2.15. The molecule has 74 valence electrons. The van der Waals surface area contributed by atoms with Gasteiger partial charge < -0.3 is 10.8 Å². The van der Waals surface area contributed by atoms with Crippen molar-refractivity contribution in [3.63, 3.8) is 0 Å². The van der Waals surface area contributed by atoms with Gasteiger partial charge in [-0.05, 0) is 13.8 Å². The molecular formula is C7H14N4OS. The summed E-state index contributed by atoms with van der Waals surface area (Å²) in [4.78, 5) is 0. The van der Waals surface area contributed by atoms with Crippen molar-refractivity contribution in [2.75, 3.05) is 11.5 Å². The SMILES string of the molecule is Cn1c(N)nnc1SCC(C)(C)O. The predicted molar refractivity (Wildman–Crippen MR) is 52.4 cm³/mol. The monoisotopic (exact) mass is 202 g/mol. The van der Waals surface area contributed by atoms with Gasteiger partial charge in [-0.15, -0.1) is 10.2 Å². The van der Waals surface area contributed by atoms with Crippen LogP contribution in [0.15, 0.2) is 5.16 Å². The van der Waals surface area contributed by atoms with E-state index in [4.69, 9.17) is 5.73 Å². The lowest BCUT2D eigenvalue weighted by atomic mass is 10.2. The Labute approximate surface area is 81.3 Å². The van der Waals surface area contributed by atoms with Gasteiger partial charge in [-0.1, -0.05) is 11.8 Å². The molecule has 0 aliphatic heterocycles. The van der Waals surface area contributed by atoms with Crippen LogP contribution in [-0.4, -0.2) is 31.2 Å². The van der Waals surface area contributed by atoms with E-state index in [9.17, 15) is 5.11 Å². The summed E-state index contributed by atoms with van der Waals surface area (Å²) in [7, 11) is 1.79. The molecule has 0 aliphatic carbocycles. The van der Waals surface area contributed by atoms with Crippen LogP contribution in [-0.2, 0) is 7.05 Å². The number of nitrogen functional groups attached to an aromatic ring is 1. The minimum atomic E-state index is -0.703. The molecule has 0 radical (unpaired) electrons. The summed E-state index contributed by atoms with van der Waals surface area (Å²) in [6.45, 7) is 3.50. The maximum absolute atomic E-state index is 9.47. The average Bonchev–Trinajstić information content (AvgIpc) is 2.29. The first-order chi connectivity index (χ1) is 5.90. The first-order valence-corrected chi connectivity index (χ1v) is 4.89. The molecule has 0 aliphatic rings. The zero-order chi connectivity index (χ0) is 10.1. The molecule has 3 N–H and O–H groups in total. The number of nitrogens with zero attached hydrogens (tertiary/aromatic N) is 3. The van der Waals surface area contributed by atoms with Gasteiger partial charge in [-0.3, -0.25) is 4.57 Å². The van der Waals surface area contributed by atoms with E-state index < -0.39 is 5.60 Å². The molecular weight excluding hydrogens is 188 g/mol. The molecule has 0 spiro atoms. The molecule has 0 saturated carbocycles. The van der Waals surface area contributed by atoms with E-state index >= 15 is 0 Å². The molecule has 0 saturated heterocycles. The second kappa shape index (κ2) is 3.55. The van der Waals surface area contributed by atoms with E-state index in [0.29, 0.717) is 11.7 Å². The average molecular weight is 202 g/mol. The van der Waals surface area contributed by atoms with Gasteiger partial charge in [0, 0.05) is 12.8 Å². The van der Waals surface area contributed by atoms with Crippen LogP contribution in [0.1, 0.15) is 13.8 Å². The predicted octanol–water partition coefficient (Wildman–Crippen LogP) is 0.260. The largest absolute Gasteiger partial charge is 0.390 e. The summed E-state index contributed by atoms with van der Waals surface area (Å²) in [6, 6.07) is 0. The van der Waals surface area contributed by atoms with Crippen molar-refractivity contribution < 1.29 is 5.11 Å². The summed E-state index contributed by atoms with van der Waals surface area (Å²) in [5, 5.41) is 17.8.